The van der Waals surface area contributed by atoms with E-state index in [-0.39, 0.29) is 18.8 Å². The first kappa shape index (κ1) is 36.3. The summed E-state index contributed by atoms with van der Waals surface area (Å²) in [6.07, 6.45) is -4.99. The van der Waals surface area contributed by atoms with E-state index in [1.165, 1.54) is 0 Å². The van der Waals surface area contributed by atoms with Crippen molar-refractivity contribution >= 4 is 24.3 Å². The zero-order valence-electron chi connectivity index (χ0n) is 27.5. The van der Waals surface area contributed by atoms with Crippen molar-refractivity contribution in [1.29, 1.82) is 0 Å². The molecule has 2 heterocycles. The SMILES string of the molecule is [N-]=[N+]=N[C@]1(COP(=O)(C[C@@H](Cc2ccccc2)C(=O)OCc2ccccc2)Oc2cccc3ccccc23)O[C@@H](n2ccc(=O)[nH]c2=O)[C@H](O)[C@@H]1O. The van der Waals surface area contributed by atoms with Gasteiger partial charge in [0.25, 0.3) is 5.56 Å². The molecule has 1 aliphatic heterocycles. The first-order valence-electron chi connectivity index (χ1n) is 16.2. The Balaban J connectivity index is 1.35. The average Bonchev–Trinajstić information content (AvgIpc) is 3.39. The van der Waals surface area contributed by atoms with Gasteiger partial charge in [0, 0.05) is 22.6 Å². The first-order valence-corrected chi connectivity index (χ1v) is 17.9. The quantitative estimate of drug-likeness (QED) is 0.0465. The minimum absolute atomic E-state index is 0.0519. The predicted octanol–water partition coefficient (Wildman–Crippen LogP) is 4.84. The molecule has 0 amide bonds. The van der Waals surface area contributed by atoms with Gasteiger partial charge in [-0.15, -0.1) is 0 Å². The first-order chi connectivity index (χ1) is 25.1. The van der Waals surface area contributed by atoms with Gasteiger partial charge in [-0.3, -0.25) is 23.7 Å². The normalized spacial score (nSPS) is 21.5. The van der Waals surface area contributed by atoms with E-state index in [9.17, 15) is 30.1 Å². The van der Waals surface area contributed by atoms with Crippen LogP contribution >= 0.6 is 7.60 Å². The Morgan fingerprint density at radius 2 is 1.63 bits per heavy atom. The number of carbonyl (C=O) groups excluding carboxylic acids is 1. The van der Waals surface area contributed by atoms with E-state index in [0.717, 1.165) is 33.3 Å². The van der Waals surface area contributed by atoms with Crippen LogP contribution in [0.5, 0.6) is 5.75 Å². The zero-order chi connectivity index (χ0) is 36.7. The summed E-state index contributed by atoms with van der Waals surface area (Å²) in [7, 11) is -4.53. The van der Waals surface area contributed by atoms with Gasteiger partial charge < -0.3 is 24.2 Å². The Kier molecular flexibility index (Phi) is 11.0. The van der Waals surface area contributed by atoms with Gasteiger partial charge in [0.05, 0.1) is 18.7 Å². The maximum Gasteiger partial charge on any atom is 0.380 e. The summed E-state index contributed by atoms with van der Waals surface area (Å²) in [6.45, 7) is -1.01. The van der Waals surface area contributed by atoms with Crippen LogP contribution in [0.3, 0.4) is 0 Å². The summed E-state index contributed by atoms with van der Waals surface area (Å²) >= 11 is 0. The number of carbonyl (C=O) groups is 1. The number of hydrogen-bond acceptors (Lipinski definition) is 11. The summed E-state index contributed by atoms with van der Waals surface area (Å²) in [4.78, 5) is 42.7. The lowest BCUT2D eigenvalue weighted by Crippen LogP contribution is -2.45. The number of aromatic amines is 1. The Morgan fingerprint density at radius 3 is 2.35 bits per heavy atom. The van der Waals surface area contributed by atoms with Crippen LogP contribution in [-0.2, 0) is 36.4 Å². The van der Waals surface area contributed by atoms with Crippen LogP contribution in [0.15, 0.2) is 130 Å². The molecule has 0 aliphatic carbocycles. The molecule has 15 nitrogen and oxygen atoms in total. The second-order valence-electron chi connectivity index (χ2n) is 12.1. The Morgan fingerprint density at radius 1 is 0.962 bits per heavy atom. The van der Waals surface area contributed by atoms with E-state index in [1.54, 1.807) is 72.8 Å². The summed E-state index contributed by atoms with van der Waals surface area (Å²) in [5, 5.41) is 27.1. The average molecular weight is 728 g/mol. The van der Waals surface area contributed by atoms with Gasteiger partial charge in [-0.1, -0.05) is 102 Å². The lowest BCUT2D eigenvalue weighted by molar-refractivity contribution is -0.149. The molecule has 1 fully saturated rings. The summed E-state index contributed by atoms with van der Waals surface area (Å²) in [5.74, 6) is -1.62. The minimum Gasteiger partial charge on any atom is -0.461 e. The van der Waals surface area contributed by atoms with Crippen LogP contribution in [0, 0.1) is 5.92 Å². The molecule has 5 aromatic rings. The van der Waals surface area contributed by atoms with Gasteiger partial charge >= 0.3 is 19.3 Å². The lowest BCUT2D eigenvalue weighted by Gasteiger charge is -2.30. The molecule has 3 N–H and O–H groups in total. The van der Waals surface area contributed by atoms with Crippen LogP contribution < -0.4 is 15.8 Å². The third-order valence-electron chi connectivity index (χ3n) is 8.52. The van der Waals surface area contributed by atoms with E-state index in [1.807, 2.05) is 35.3 Å². The molecule has 0 saturated carbocycles. The number of aromatic nitrogens is 2. The Hall–Kier alpha value is -5.53. The molecular weight excluding hydrogens is 693 g/mol. The second kappa shape index (κ2) is 15.8. The molecule has 16 heteroatoms. The van der Waals surface area contributed by atoms with Gasteiger partial charge in [-0.25, -0.2) is 9.36 Å². The highest BCUT2D eigenvalue weighted by atomic mass is 31.2. The fourth-order valence-electron chi connectivity index (χ4n) is 5.90. The fourth-order valence-corrected chi connectivity index (χ4v) is 7.79. The number of nitrogens with zero attached hydrogens (tertiary/aromatic N) is 4. The standard InChI is InChI=1S/C36H34N5O10P/c37-40-39-36(32(44)31(43)33(50-36)41-19-18-30(42)38-35(41)46)23-49-52(47,51-29-17-9-15-26-14-7-8-16-28(26)29)22-27(20-24-10-3-1-4-11-24)34(45)48-21-25-12-5-2-6-13-25/h1-19,27,31-33,43-44H,20-23H2,(H,38,42,46)/t27-,31-,32+,33-,36-,52?/m1/s1. The van der Waals surface area contributed by atoms with Crippen LogP contribution in [0.1, 0.15) is 17.4 Å². The van der Waals surface area contributed by atoms with Crippen molar-refractivity contribution in [2.24, 2.45) is 11.0 Å². The van der Waals surface area contributed by atoms with Gasteiger partial charge in [0.1, 0.15) is 24.6 Å². The van der Waals surface area contributed by atoms with Crippen LogP contribution in [-0.4, -0.2) is 56.4 Å². The molecule has 6 atom stereocenters. The number of H-pyrrole nitrogens is 1. The molecule has 1 unspecified atom stereocenters. The van der Waals surface area contributed by atoms with Crippen molar-refractivity contribution in [3.8, 4) is 5.75 Å². The number of rotatable bonds is 14. The molecule has 268 valence electrons. The van der Waals surface area contributed by atoms with E-state index in [0.29, 0.717) is 5.39 Å². The molecule has 1 aliphatic rings. The number of aliphatic hydroxyl groups excluding tert-OH is 2. The minimum atomic E-state index is -4.53. The van der Waals surface area contributed by atoms with Gasteiger partial charge in [-0.05, 0) is 34.5 Å². The molecule has 0 bridgehead atoms. The smallest absolute Gasteiger partial charge is 0.380 e. The third-order valence-corrected chi connectivity index (χ3v) is 10.4. The van der Waals surface area contributed by atoms with Crippen molar-refractivity contribution < 1.29 is 38.1 Å². The van der Waals surface area contributed by atoms with Crippen molar-refractivity contribution in [1.82, 2.24) is 9.55 Å². The highest BCUT2D eigenvalue weighted by Crippen LogP contribution is 2.53. The van der Waals surface area contributed by atoms with Gasteiger partial charge in [0.2, 0.25) is 5.72 Å². The largest absolute Gasteiger partial charge is 0.461 e. The number of azide groups is 1. The molecule has 4 aromatic carbocycles. The topological polar surface area (TPSA) is 215 Å². The van der Waals surface area contributed by atoms with Gasteiger partial charge in [-0.2, -0.15) is 0 Å². The van der Waals surface area contributed by atoms with Crippen molar-refractivity contribution in [2.75, 3.05) is 12.8 Å². The maximum atomic E-state index is 15.1. The number of nitrogens with one attached hydrogen (secondary N) is 1. The van der Waals surface area contributed by atoms with Crippen molar-refractivity contribution in [2.45, 2.75) is 37.2 Å². The zero-order valence-corrected chi connectivity index (χ0v) is 28.4. The summed E-state index contributed by atoms with van der Waals surface area (Å²) < 4.78 is 39.5. The number of benzene rings is 4. The molecule has 1 aromatic heterocycles. The fraction of sp³-hybridized carbons (Fsp3) is 0.250. The van der Waals surface area contributed by atoms with E-state index in [2.05, 4.69) is 10.0 Å². The van der Waals surface area contributed by atoms with Gasteiger partial charge in [0.15, 0.2) is 6.23 Å². The van der Waals surface area contributed by atoms with Crippen molar-refractivity contribution in [3.05, 3.63) is 158 Å². The predicted molar refractivity (Wildman–Crippen MR) is 188 cm³/mol. The monoisotopic (exact) mass is 727 g/mol. The van der Waals surface area contributed by atoms with E-state index in [4.69, 9.17) is 18.5 Å². The van der Waals surface area contributed by atoms with Crippen molar-refractivity contribution in [3.63, 3.8) is 0 Å². The number of ether oxygens (including phenoxy) is 2. The Labute approximate surface area is 296 Å². The number of aliphatic hydroxyl groups is 2. The molecule has 0 radical (unpaired) electrons. The number of fused-ring (bicyclic) bond motifs is 1. The van der Waals surface area contributed by atoms with Crippen LogP contribution in [0.4, 0.5) is 0 Å². The molecular formula is C36H34N5O10P. The van der Waals surface area contributed by atoms with E-state index < -0.39 is 67.7 Å². The second-order valence-corrected chi connectivity index (χ2v) is 14.1. The highest BCUT2D eigenvalue weighted by molar-refractivity contribution is 7.54. The number of hydrogen-bond donors (Lipinski definition) is 3. The molecule has 0 spiro atoms. The lowest BCUT2D eigenvalue weighted by atomic mass is 10.0. The molecule has 52 heavy (non-hydrogen) atoms. The van der Waals surface area contributed by atoms with E-state index >= 15 is 4.57 Å². The number of esters is 1. The third kappa shape index (κ3) is 8.16. The summed E-state index contributed by atoms with van der Waals surface area (Å²) in [6, 6.07) is 31.3. The maximum absolute atomic E-state index is 15.1. The molecule has 6 rings (SSSR count). The Bertz CT molecular complexity index is 2240. The highest BCUT2D eigenvalue weighted by Gasteiger charge is 2.56. The van der Waals surface area contributed by atoms with Crippen LogP contribution in [0.25, 0.3) is 21.2 Å². The molecule has 1 saturated heterocycles. The summed E-state index contributed by atoms with van der Waals surface area (Å²) in [5.41, 5.74) is 6.83. The van der Waals surface area contributed by atoms with Crippen LogP contribution in [0.2, 0.25) is 0 Å².